The third-order valence-electron chi connectivity index (χ3n) is 7.41. The first-order valence-electron chi connectivity index (χ1n) is 13.0. The SMILES string of the molecule is CC1CCN(CC(=O)N2CC[C@H](Oc3ccccc3)[C@@H](CC(=O)N(C)Cc3ccccc3)C2)CC1. The Bertz CT molecular complexity index is 944. The van der Waals surface area contributed by atoms with Gasteiger partial charge in [-0.05, 0) is 49.5 Å². The Morgan fingerprint density at radius 1 is 0.943 bits per heavy atom. The van der Waals surface area contributed by atoms with E-state index in [9.17, 15) is 9.59 Å². The highest BCUT2D eigenvalue weighted by atomic mass is 16.5. The third-order valence-corrected chi connectivity index (χ3v) is 7.41. The minimum absolute atomic E-state index is 0.0417. The molecule has 0 aliphatic carbocycles. The Morgan fingerprint density at radius 3 is 2.29 bits per heavy atom. The van der Waals surface area contributed by atoms with Gasteiger partial charge in [0.15, 0.2) is 0 Å². The summed E-state index contributed by atoms with van der Waals surface area (Å²) in [5.41, 5.74) is 1.11. The fraction of sp³-hybridized carbons (Fsp3) is 0.517. The molecule has 0 bridgehead atoms. The zero-order chi connectivity index (χ0) is 24.6. The second-order valence-corrected chi connectivity index (χ2v) is 10.3. The van der Waals surface area contributed by atoms with Crippen molar-refractivity contribution in [1.82, 2.24) is 14.7 Å². The molecule has 6 heteroatoms. The summed E-state index contributed by atoms with van der Waals surface area (Å²) in [5, 5.41) is 0. The van der Waals surface area contributed by atoms with E-state index in [1.54, 1.807) is 4.90 Å². The quantitative estimate of drug-likeness (QED) is 0.575. The number of benzene rings is 2. The first-order chi connectivity index (χ1) is 17.0. The number of nitrogens with zero attached hydrogens (tertiary/aromatic N) is 3. The standard InChI is InChI=1S/C29H39N3O3/c1-23-13-16-31(17-14-23)22-29(34)32-18-15-27(35-26-11-7-4-8-12-26)25(21-32)19-28(33)30(2)20-24-9-5-3-6-10-24/h3-12,23,25,27H,13-22H2,1-2H3/t25-,27-/m0/s1. The summed E-state index contributed by atoms with van der Waals surface area (Å²) in [7, 11) is 1.85. The van der Waals surface area contributed by atoms with Crippen LogP contribution in [0.4, 0.5) is 0 Å². The van der Waals surface area contributed by atoms with Gasteiger partial charge in [0, 0.05) is 45.4 Å². The lowest BCUT2D eigenvalue weighted by molar-refractivity contribution is -0.139. The fourth-order valence-corrected chi connectivity index (χ4v) is 5.10. The number of carbonyl (C=O) groups excluding carboxylic acids is 2. The topological polar surface area (TPSA) is 53.1 Å². The summed E-state index contributed by atoms with van der Waals surface area (Å²) in [6.07, 6.45) is 3.33. The van der Waals surface area contributed by atoms with Crippen molar-refractivity contribution in [2.75, 3.05) is 39.8 Å². The zero-order valence-electron chi connectivity index (χ0n) is 21.1. The molecule has 2 fully saturated rings. The van der Waals surface area contributed by atoms with Gasteiger partial charge >= 0.3 is 0 Å². The number of piperidine rings is 2. The number of rotatable bonds is 8. The van der Waals surface area contributed by atoms with Crippen molar-refractivity contribution in [3.05, 3.63) is 66.2 Å². The lowest BCUT2D eigenvalue weighted by Gasteiger charge is -2.40. The monoisotopic (exact) mass is 477 g/mol. The van der Waals surface area contributed by atoms with E-state index in [-0.39, 0.29) is 23.8 Å². The van der Waals surface area contributed by atoms with Crippen LogP contribution >= 0.6 is 0 Å². The second kappa shape index (κ2) is 12.2. The second-order valence-electron chi connectivity index (χ2n) is 10.3. The number of ether oxygens (including phenoxy) is 1. The minimum atomic E-state index is -0.0913. The van der Waals surface area contributed by atoms with Crippen molar-refractivity contribution in [3.63, 3.8) is 0 Å². The maximum atomic E-state index is 13.2. The lowest BCUT2D eigenvalue weighted by atomic mass is 9.90. The van der Waals surface area contributed by atoms with E-state index in [1.807, 2.05) is 72.6 Å². The third kappa shape index (κ3) is 7.31. The Labute approximate surface area is 209 Å². The van der Waals surface area contributed by atoms with Gasteiger partial charge in [0.1, 0.15) is 11.9 Å². The van der Waals surface area contributed by atoms with Crippen LogP contribution in [0.5, 0.6) is 5.75 Å². The normalized spacial score (nSPS) is 21.5. The van der Waals surface area contributed by atoms with Crippen LogP contribution in [0.3, 0.4) is 0 Å². The molecule has 0 aromatic heterocycles. The molecular formula is C29H39N3O3. The molecular weight excluding hydrogens is 438 g/mol. The van der Waals surface area contributed by atoms with E-state index in [0.29, 0.717) is 32.6 Å². The van der Waals surface area contributed by atoms with Crippen LogP contribution in [0, 0.1) is 11.8 Å². The molecule has 2 heterocycles. The Kier molecular flexibility index (Phi) is 8.80. The van der Waals surface area contributed by atoms with Crippen LogP contribution in [-0.2, 0) is 16.1 Å². The largest absolute Gasteiger partial charge is 0.490 e. The molecule has 2 aliphatic rings. The van der Waals surface area contributed by atoms with E-state index in [2.05, 4.69) is 11.8 Å². The van der Waals surface area contributed by atoms with Crippen molar-refractivity contribution >= 4 is 11.8 Å². The first-order valence-corrected chi connectivity index (χ1v) is 13.0. The predicted octanol–water partition coefficient (Wildman–Crippen LogP) is 4.06. The maximum Gasteiger partial charge on any atom is 0.236 e. The number of para-hydroxylation sites is 1. The van der Waals surface area contributed by atoms with Crippen LogP contribution in [0.15, 0.2) is 60.7 Å². The summed E-state index contributed by atoms with van der Waals surface area (Å²) in [4.78, 5) is 32.4. The van der Waals surface area contributed by atoms with Gasteiger partial charge in [-0.25, -0.2) is 0 Å². The molecule has 35 heavy (non-hydrogen) atoms. The van der Waals surface area contributed by atoms with E-state index in [1.165, 1.54) is 0 Å². The molecule has 0 radical (unpaired) electrons. The van der Waals surface area contributed by atoms with Gasteiger partial charge in [0.2, 0.25) is 11.8 Å². The molecule has 2 aliphatic heterocycles. The first kappa shape index (κ1) is 25.2. The molecule has 2 amide bonds. The summed E-state index contributed by atoms with van der Waals surface area (Å²) < 4.78 is 6.34. The van der Waals surface area contributed by atoms with Crippen molar-refractivity contribution in [1.29, 1.82) is 0 Å². The van der Waals surface area contributed by atoms with Crippen molar-refractivity contribution in [2.24, 2.45) is 11.8 Å². The molecule has 6 nitrogen and oxygen atoms in total. The van der Waals surface area contributed by atoms with Crippen molar-refractivity contribution in [3.8, 4) is 5.75 Å². The van der Waals surface area contributed by atoms with Gasteiger partial charge in [-0.2, -0.15) is 0 Å². The van der Waals surface area contributed by atoms with Crippen LogP contribution < -0.4 is 4.74 Å². The number of likely N-dealkylation sites (tertiary alicyclic amines) is 2. The van der Waals surface area contributed by atoms with Gasteiger partial charge in [0.05, 0.1) is 6.54 Å². The van der Waals surface area contributed by atoms with E-state index < -0.39 is 0 Å². The molecule has 0 saturated carbocycles. The van der Waals surface area contributed by atoms with Gasteiger partial charge in [-0.1, -0.05) is 55.5 Å². The highest BCUT2D eigenvalue weighted by Gasteiger charge is 2.35. The number of carbonyl (C=O) groups is 2. The van der Waals surface area contributed by atoms with Crippen molar-refractivity contribution < 1.29 is 14.3 Å². The average Bonchev–Trinajstić information content (AvgIpc) is 2.87. The average molecular weight is 478 g/mol. The molecule has 2 aromatic rings. The van der Waals surface area contributed by atoms with Gasteiger partial charge in [-0.15, -0.1) is 0 Å². The van der Waals surface area contributed by atoms with Crippen LogP contribution in [0.2, 0.25) is 0 Å². The predicted molar refractivity (Wildman–Crippen MR) is 138 cm³/mol. The number of amides is 2. The zero-order valence-corrected chi connectivity index (χ0v) is 21.1. The highest BCUT2D eigenvalue weighted by molar-refractivity contribution is 5.79. The molecule has 2 aromatic carbocycles. The maximum absolute atomic E-state index is 13.2. The Hall–Kier alpha value is -2.86. The van der Waals surface area contributed by atoms with E-state index in [0.717, 1.165) is 49.6 Å². The molecule has 0 N–H and O–H groups in total. The Morgan fingerprint density at radius 2 is 1.60 bits per heavy atom. The fourth-order valence-electron chi connectivity index (χ4n) is 5.10. The van der Waals surface area contributed by atoms with Crippen molar-refractivity contribution in [2.45, 2.75) is 45.3 Å². The van der Waals surface area contributed by atoms with Gasteiger partial charge in [0.25, 0.3) is 0 Å². The van der Waals surface area contributed by atoms with Crippen LogP contribution in [0.25, 0.3) is 0 Å². The number of hydrogen-bond donors (Lipinski definition) is 0. The van der Waals surface area contributed by atoms with Crippen LogP contribution in [0.1, 0.15) is 38.2 Å². The van der Waals surface area contributed by atoms with Gasteiger partial charge < -0.3 is 14.5 Å². The van der Waals surface area contributed by atoms with Crippen LogP contribution in [-0.4, -0.2) is 72.4 Å². The Balaban J connectivity index is 1.39. The molecule has 188 valence electrons. The summed E-state index contributed by atoms with van der Waals surface area (Å²) >= 11 is 0. The molecule has 0 unspecified atom stereocenters. The minimum Gasteiger partial charge on any atom is -0.490 e. The molecule has 4 rings (SSSR count). The highest BCUT2D eigenvalue weighted by Crippen LogP contribution is 2.27. The smallest absolute Gasteiger partial charge is 0.236 e. The molecule has 2 atom stereocenters. The summed E-state index contributed by atoms with van der Waals surface area (Å²) in [6, 6.07) is 19.8. The summed E-state index contributed by atoms with van der Waals surface area (Å²) in [5.74, 6) is 1.78. The lowest BCUT2D eigenvalue weighted by Crippen LogP contribution is -2.52. The van der Waals surface area contributed by atoms with Gasteiger partial charge in [-0.3, -0.25) is 14.5 Å². The van der Waals surface area contributed by atoms with E-state index >= 15 is 0 Å². The van der Waals surface area contributed by atoms with E-state index in [4.69, 9.17) is 4.74 Å². The molecule has 2 saturated heterocycles. The number of hydrogen-bond acceptors (Lipinski definition) is 4. The molecule has 0 spiro atoms. The summed E-state index contributed by atoms with van der Waals surface area (Å²) in [6.45, 7) is 6.56.